The monoisotopic (exact) mass is 1780 g/mol. The third kappa shape index (κ3) is 64.4. The molecular weight excluding hydrogens is 1540 g/mol. The van der Waals surface area contributed by atoms with Gasteiger partial charge < -0.3 is 55.1 Å². The molecule has 15 nitrogen and oxygen atoms in total. The smallest absolute Gasteiger partial charge is 0.0128 e. The quantitative estimate of drug-likeness (QED) is 0.174. The summed E-state index contributed by atoms with van der Waals surface area (Å²) >= 11 is 0. The maximum atomic E-state index is 3.56. The number of nitrogens with zero attached hydrogens (tertiary/aromatic N) is 12. The zero-order valence-corrected chi connectivity index (χ0v) is 92.0. The molecule has 15 saturated heterocycles. The third-order valence-electron chi connectivity index (χ3n) is 28.8. The fraction of sp³-hybridized carbons (Fsp3) is 1.00. The summed E-state index contributed by atoms with van der Waals surface area (Å²) in [6, 6.07) is 2.29. The van der Waals surface area contributed by atoms with Gasteiger partial charge in [0, 0.05) is 40.3 Å². The van der Waals surface area contributed by atoms with Gasteiger partial charge in [-0.3, -0.25) is 19.6 Å². The van der Waals surface area contributed by atoms with Crippen molar-refractivity contribution in [1.82, 2.24) is 74.7 Å². The standard InChI is InChI=1S/3C9H19N.4C8H17N.5C7H15N.2C6H13N.C5H11N/c2*1-9(2,3)10-7-5-4-6-8-10;1-9(2,3)8-6-4-5-7-10-8;1-8(2,3)9-6-4-5-7-9;1-8(2,3)7-5-4-6-9-7;2*1-2-6-9-7-4-3-5-8-9;1-7(2,3)8-5-4-6-8;1-7(2,3)6-4-5-8-6;2*1-2-8-6-4-3-5-7-8;1-2-5-8-6-3-4-7-8;1-2-7-5-3-4-6-7;1-2-4-7-5-3-6-7;1-2-6-4-3-5-6/h2*4-8H2,1-3H3;8,10H,4-7H2,1-3H3;4-7H2,1-3H3;7,9H,4-6H2,1-3H3;2*2-8H2,1H3;4-6H2,1-3H3;6,8H,4-5H2,1-3H3;3*2-7H2,1H3;2*2-6H2,1H3;2-5H2,1H3. The van der Waals surface area contributed by atoms with Crippen LogP contribution in [0.5, 0.6) is 0 Å². The topological polar surface area (TPSA) is 75.0 Å². The molecule has 15 heterocycles. The molecule has 0 aliphatic carbocycles. The second-order valence-corrected chi connectivity index (χ2v) is 47.3. The minimum Gasteiger partial charge on any atom is -0.313 e. The van der Waals surface area contributed by atoms with E-state index >= 15 is 0 Å². The van der Waals surface area contributed by atoms with E-state index in [9.17, 15) is 0 Å². The molecule has 0 aromatic rings. The highest BCUT2D eigenvalue weighted by Gasteiger charge is 2.31. The van der Waals surface area contributed by atoms with Gasteiger partial charge in [0.25, 0.3) is 0 Å². The first-order chi connectivity index (χ1) is 59.7. The van der Waals surface area contributed by atoms with Crippen molar-refractivity contribution in [3.63, 3.8) is 0 Å². The first-order valence-corrected chi connectivity index (χ1v) is 55.7. The fourth-order valence-corrected chi connectivity index (χ4v) is 19.1. The van der Waals surface area contributed by atoms with Crippen molar-refractivity contribution in [1.29, 1.82) is 0 Å². The minimum atomic E-state index is 0.403. The zero-order valence-electron chi connectivity index (χ0n) is 92.0. The van der Waals surface area contributed by atoms with Gasteiger partial charge >= 0.3 is 0 Å². The van der Waals surface area contributed by atoms with E-state index in [0.29, 0.717) is 38.4 Å². The summed E-state index contributed by atoms with van der Waals surface area (Å²) in [6.07, 6.45) is 52.0. The van der Waals surface area contributed by atoms with Crippen LogP contribution in [0.1, 0.15) is 438 Å². The summed E-state index contributed by atoms with van der Waals surface area (Å²) in [7, 11) is 0. The van der Waals surface area contributed by atoms with E-state index in [-0.39, 0.29) is 0 Å². The van der Waals surface area contributed by atoms with Gasteiger partial charge in [0.1, 0.15) is 0 Å². The molecule has 3 N–H and O–H groups in total. The highest BCUT2D eigenvalue weighted by molar-refractivity contribution is 4.89. The Morgan fingerprint density at radius 1 is 0.175 bits per heavy atom. The van der Waals surface area contributed by atoms with Gasteiger partial charge in [-0.1, -0.05) is 163 Å². The molecule has 126 heavy (non-hydrogen) atoms. The summed E-state index contributed by atoms with van der Waals surface area (Å²) in [5.74, 6) is 0. The Balaban J connectivity index is 0.000000676. The molecule has 15 heteroatoms. The van der Waals surface area contributed by atoms with Gasteiger partial charge in [0.15, 0.2) is 0 Å². The van der Waals surface area contributed by atoms with E-state index < -0.39 is 0 Å². The predicted molar refractivity (Wildman–Crippen MR) is 567 cm³/mol. The van der Waals surface area contributed by atoms with Crippen LogP contribution in [-0.4, -0.2) is 328 Å². The molecule has 0 bridgehead atoms. The summed E-state index contributed by atoms with van der Waals surface area (Å²) in [5.41, 5.74) is 3.06. The zero-order chi connectivity index (χ0) is 94.2. The lowest BCUT2D eigenvalue weighted by molar-refractivity contribution is 0.0690. The Morgan fingerprint density at radius 2 is 0.341 bits per heavy atom. The van der Waals surface area contributed by atoms with Gasteiger partial charge in [0.2, 0.25) is 0 Å². The SMILES string of the molecule is CC(C)(C)C1CCCCN1.CC(C)(C)C1CCCN1.CC(C)(C)C1CCN1.CC(C)(C)N1CCC1.CC(C)(C)N1CCCC1.CC(C)(C)N1CCCCC1.CC(C)(C)N1CCCCC1.CCCN1CCC1.CCCN1CCCC1.CCCN1CCCCC1.CCCN1CCCCC1.CCN1CCC1.CCN1CCCC1.CCN1CCCCC1.CCN1CCCCC1. The lowest BCUT2D eigenvalue weighted by Crippen LogP contribution is -2.50. The molecule has 756 valence electrons. The molecule has 3 unspecified atom stereocenters. The molecule has 0 saturated carbocycles. The van der Waals surface area contributed by atoms with Crippen LogP contribution in [0, 0.1) is 16.2 Å². The van der Waals surface area contributed by atoms with Crippen LogP contribution in [-0.2, 0) is 0 Å². The van der Waals surface area contributed by atoms with Gasteiger partial charge in [-0.25, -0.2) is 0 Å². The van der Waals surface area contributed by atoms with Crippen LogP contribution in [0.2, 0.25) is 0 Å². The summed E-state index contributed by atoms with van der Waals surface area (Å²) in [6.45, 7) is 112. The van der Waals surface area contributed by atoms with Crippen LogP contribution in [0.4, 0.5) is 0 Å². The predicted octanol–water partition coefficient (Wildman–Crippen LogP) is 24.4. The molecular formula is C111H237N15. The van der Waals surface area contributed by atoms with E-state index in [4.69, 9.17) is 0 Å². The van der Waals surface area contributed by atoms with Crippen molar-refractivity contribution < 1.29 is 0 Å². The fourth-order valence-electron chi connectivity index (χ4n) is 19.1. The molecule has 15 fully saturated rings. The second-order valence-electron chi connectivity index (χ2n) is 47.3. The Hall–Kier alpha value is -0.600. The van der Waals surface area contributed by atoms with Crippen molar-refractivity contribution in [2.45, 2.75) is 479 Å². The lowest BCUT2D eigenvalue weighted by atomic mass is 9.81. The van der Waals surface area contributed by atoms with E-state index in [0.717, 1.165) is 18.1 Å². The molecule has 0 spiro atoms. The summed E-state index contributed by atoms with van der Waals surface area (Å²) in [5, 5.41) is 10.4. The summed E-state index contributed by atoms with van der Waals surface area (Å²) < 4.78 is 0. The highest BCUT2D eigenvalue weighted by Crippen LogP contribution is 2.29. The Bertz CT molecular complexity index is 2130. The van der Waals surface area contributed by atoms with E-state index in [2.05, 4.69) is 276 Å². The van der Waals surface area contributed by atoms with Crippen molar-refractivity contribution in [3.05, 3.63) is 0 Å². The molecule has 0 radical (unpaired) electrons. The molecule has 0 aromatic heterocycles. The number of hydrogen-bond donors (Lipinski definition) is 3. The van der Waals surface area contributed by atoms with Crippen LogP contribution in [0.15, 0.2) is 0 Å². The average Bonchev–Trinajstić information content (AvgIpc) is 1.17. The maximum Gasteiger partial charge on any atom is 0.0128 e. The summed E-state index contributed by atoms with van der Waals surface area (Å²) in [4.78, 5) is 30.3. The van der Waals surface area contributed by atoms with Gasteiger partial charge in [0.05, 0.1) is 0 Å². The van der Waals surface area contributed by atoms with Crippen molar-refractivity contribution >= 4 is 0 Å². The number of hydrogen-bond acceptors (Lipinski definition) is 15. The molecule has 15 aliphatic heterocycles. The molecule has 15 rings (SSSR count). The van der Waals surface area contributed by atoms with Gasteiger partial charge in [-0.05, 0) is 521 Å². The number of piperidine rings is 7. The number of likely N-dealkylation sites (tertiary alicyclic amines) is 12. The van der Waals surface area contributed by atoms with E-state index in [1.165, 1.54) is 467 Å². The Kier molecular flexibility index (Phi) is 71.2. The van der Waals surface area contributed by atoms with Gasteiger partial charge in [-0.15, -0.1) is 0 Å². The van der Waals surface area contributed by atoms with E-state index in [1.807, 2.05) is 0 Å². The number of nitrogens with one attached hydrogen (secondary N) is 3. The lowest BCUT2D eigenvalue weighted by Gasteiger charge is -2.42. The highest BCUT2D eigenvalue weighted by atomic mass is 15.2. The van der Waals surface area contributed by atoms with Crippen molar-refractivity contribution in [2.24, 2.45) is 16.2 Å². The minimum absolute atomic E-state index is 0.403. The van der Waals surface area contributed by atoms with Crippen molar-refractivity contribution in [3.8, 4) is 0 Å². The number of rotatable bonds is 12. The van der Waals surface area contributed by atoms with Crippen LogP contribution < -0.4 is 16.0 Å². The Morgan fingerprint density at radius 3 is 0.460 bits per heavy atom. The van der Waals surface area contributed by atoms with Gasteiger partial charge in [-0.2, -0.15) is 0 Å². The molecule has 0 amide bonds. The normalized spacial score (nSPS) is 24.2. The van der Waals surface area contributed by atoms with E-state index in [1.54, 1.807) is 0 Å². The van der Waals surface area contributed by atoms with Crippen molar-refractivity contribution in [2.75, 3.05) is 229 Å². The largest absolute Gasteiger partial charge is 0.313 e. The molecule has 0 aromatic carbocycles. The van der Waals surface area contributed by atoms with Crippen LogP contribution >= 0.6 is 0 Å². The molecule has 3 atom stereocenters. The third-order valence-corrected chi connectivity index (χ3v) is 28.8. The maximum absolute atomic E-state index is 3.56. The van der Waals surface area contributed by atoms with Crippen LogP contribution in [0.3, 0.4) is 0 Å². The second kappa shape index (κ2) is 72.7. The first-order valence-electron chi connectivity index (χ1n) is 55.7. The Labute approximate surface area is 794 Å². The average molecular weight is 1780 g/mol. The molecule has 15 aliphatic rings. The first kappa shape index (κ1) is 123. The van der Waals surface area contributed by atoms with Crippen LogP contribution in [0.25, 0.3) is 0 Å².